The molecule has 0 aromatic rings. The lowest BCUT2D eigenvalue weighted by atomic mass is 9.82. The van der Waals surface area contributed by atoms with Crippen LogP contribution in [-0.4, -0.2) is 25.2 Å². The minimum atomic E-state index is -1.13. The Bertz CT molecular complexity index is 335. The summed E-state index contributed by atoms with van der Waals surface area (Å²) in [7, 11) is 0. The fraction of sp³-hybridized carbons (Fsp3) is 0.900. The maximum absolute atomic E-state index is 12.4. The van der Waals surface area contributed by atoms with Gasteiger partial charge in [0.05, 0.1) is 13.2 Å². The molecule has 0 heterocycles. The first-order valence-electron chi connectivity index (χ1n) is 9.93. The van der Waals surface area contributed by atoms with Crippen molar-refractivity contribution >= 4 is 11.9 Å². The molecule has 4 heteroatoms. The second-order valence-corrected chi connectivity index (χ2v) is 6.54. The molecule has 0 amide bonds. The van der Waals surface area contributed by atoms with Gasteiger partial charge < -0.3 is 9.47 Å². The lowest BCUT2D eigenvalue weighted by molar-refractivity contribution is -0.173. The number of unbranched alkanes of at least 4 members (excludes halogenated alkanes) is 7. The molecule has 0 bridgehead atoms. The van der Waals surface area contributed by atoms with Crippen LogP contribution in [0.1, 0.15) is 98.3 Å². The summed E-state index contributed by atoms with van der Waals surface area (Å²) in [6.45, 7) is 8.59. The van der Waals surface area contributed by atoms with Gasteiger partial charge in [0.2, 0.25) is 0 Å². The van der Waals surface area contributed by atoms with Crippen LogP contribution in [0.15, 0.2) is 0 Å². The van der Waals surface area contributed by atoms with Gasteiger partial charge in [0.25, 0.3) is 0 Å². The lowest BCUT2D eigenvalue weighted by Gasteiger charge is -2.26. The minimum Gasteiger partial charge on any atom is -0.465 e. The van der Waals surface area contributed by atoms with Crippen molar-refractivity contribution in [2.45, 2.75) is 98.3 Å². The van der Waals surface area contributed by atoms with Gasteiger partial charge in [-0.05, 0) is 25.7 Å². The van der Waals surface area contributed by atoms with Crippen LogP contribution in [0.3, 0.4) is 0 Å². The van der Waals surface area contributed by atoms with Gasteiger partial charge in [-0.2, -0.15) is 0 Å². The highest BCUT2D eigenvalue weighted by atomic mass is 16.6. The first-order chi connectivity index (χ1) is 11.6. The Balaban J connectivity index is 4.09. The quantitative estimate of drug-likeness (QED) is 0.226. The predicted octanol–water partition coefficient (Wildman–Crippen LogP) is 5.43. The maximum Gasteiger partial charge on any atom is 0.323 e. The molecule has 0 aliphatic carbocycles. The Morgan fingerprint density at radius 1 is 0.625 bits per heavy atom. The Morgan fingerprint density at radius 3 is 1.54 bits per heavy atom. The van der Waals surface area contributed by atoms with Crippen LogP contribution in [0.25, 0.3) is 0 Å². The Kier molecular flexibility index (Phi) is 13.7. The molecule has 4 nitrogen and oxygen atoms in total. The van der Waals surface area contributed by atoms with Crippen molar-refractivity contribution < 1.29 is 19.1 Å². The molecule has 0 saturated carbocycles. The lowest BCUT2D eigenvalue weighted by Crippen LogP contribution is -2.41. The number of rotatable bonds is 15. The number of carbonyl (C=O) groups excluding carboxylic acids is 2. The second kappa shape index (κ2) is 14.3. The summed E-state index contributed by atoms with van der Waals surface area (Å²) in [4.78, 5) is 24.7. The molecule has 0 aromatic carbocycles. The van der Waals surface area contributed by atoms with Gasteiger partial charge in [0.15, 0.2) is 5.41 Å². The molecule has 0 atom stereocenters. The smallest absolute Gasteiger partial charge is 0.323 e. The van der Waals surface area contributed by atoms with Crippen LogP contribution in [0.5, 0.6) is 0 Å². The van der Waals surface area contributed by atoms with E-state index in [9.17, 15) is 9.59 Å². The molecule has 0 aliphatic rings. The normalized spacial score (nSPS) is 11.3. The number of esters is 2. The summed E-state index contributed by atoms with van der Waals surface area (Å²) < 4.78 is 10.6. The fourth-order valence-corrected chi connectivity index (χ4v) is 2.78. The van der Waals surface area contributed by atoms with E-state index in [0.29, 0.717) is 26.1 Å². The maximum atomic E-state index is 12.4. The Morgan fingerprint density at radius 2 is 1.08 bits per heavy atom. The molecular weight excluding hydrogens is 304 g/mol. The van der Waals surface area contributed by atoms with E-state index in [1.165, 1.54) is 38.5 Å². The van der Waals surface area contributed by atoms with Crippen molar-refractivity contribution in [3.05, 3.63) is 0 Å². The van der Waals surface area contributed by atoms with Gasteiger partial charge >= 0.3 is 11.9 Å². The zero-order valence-corrected chi connectivity index (χ0v) is 16.3. The van der Waals surface area contributed by atoms with Crippen LogP contribution in [-0.2, 0) is 19.1 Å². The summed E-state index contributed by atoms with van der Waals surface area (Å²) in [5, 5.41) is 0. The molecular formula is C20H38O4. The summed E-state index contributed by atoms with van der Waals surface area (Å²) in [6.07, 6.45) is 11.2. The monoisotopic (exact) mass is 342 g/mol. The summed E-state index contributed by atoms with van der Waals surface area (Å²) in [5.74, 6) is -0.855. The molecule has 142 valence electrons. The van der Waals surface area contributed by atoms with Gasteiger partial charge in [-0.1, -0.05) is 72.6 Å². The summed E-state index contributed by atoms with van der Waals surface area (Å²) in [6, 6.07) is 0. The third-order valence-corrected chi connectivity index (χ3v) is 4.66. The summed E-state index contributed by atoms with van der Waals surface area (Å²) >= 11 is 0. The molecule has 0 spiro atoms. The average Bonchev–Trinajstić information content (AvgIpc) is 2.60. The average molecular weight is 343 g/mol. The van der Waals surface area contributed by atoms with Crippen molar-refractivity contribution in [3.63, 3.8) is 0 Å². The number of ether oxygens (including phenoxy) is 2. The highest BCUT2D eigenvalue weighted by Gasteiger charge is 2.45. The highest BCUT2D eigenvalue weighted by molar-refractivity contribution is 5.99. The van der Waals surface area contributed by atoms with E-state index in [1.54, 1.807) is 0 Å². The van der Waals surface area contributed by atoms with Crippen molar-refractivity contribution in [1.82, 2.24) is 0 Å². The van der Waals surface area contributed by atoms with Gasteiger partial charge in [-0.15, -0.1) is 0 Å². The SMILES string of the molecule is CCCCCCCCCCOC(=O)C(CC)(CC)C(=O)OCCC. The standard InChI is InChI=1S/C20H38O4/c1-5-9-10-11-12-13-14-15-17-24-19(22)20(7-3,8-4)18(21)23-16-6-2/h5-17H2,1-4H3. The summed E-state index contributed by atoms with van der Waals surface area (Å²) in [5.41, 5.74) is -1.13. The van der Waals surface area contributed by atoms with Crippen LogP contribution in [0.2, 0.25) is 0 Å². The van der Waals surface area contributed by atoms with E-state index in [-0.39, 0.29) is 0 Å². The van der Waals surface area contributed by atoms with Crippen LogP contribution in [0, 0.1) is 5.41 Å². The number of hydrogen-bond acceptors (Lipinski definition) is 4. The third-order valence-electron chi connectivity index (χ3n) is 4.66. The van der Waals surface area contributed by atoms with Gasteiger partial charge in [0, 0.05) is 0 Å². The largest absolute Gasteiger partial charge is 0.465 e. The Hall–Kier alpha value is -1.06. The van der Waals surface area contributed by atoms with Gasteiger partial charge in [-0.25, -0.2) is 0 Å². The molecule has 0 aliphatic heterocycles. The van der Waals surface area contributed by atoms with Gasteiger partial charge in [0.1, 0.15) is 0 Å². The van der Waals surface area contributed by atoms with Crippen LogP contribution in [0.4, 0.5) is 0 Å². The second-order valence-electron chi connectivity index (χ2n) is 6.54. The molecule has 0 fully saturated rings. The molecule has 0 N–H and O–H groups in total. The molecule has 0 unspecified atom stereocenters. The van der Waals surface area contributed by atoms with E-state index in [4.69, 9.17) is 9.47 Å². The van der Waals surface area contributed by atoms with E-state index >= 15 is 0 Å². The van der Waals surface area contributed by atoms with E-state index in [2.05, 4.69) is 6.92 Å². The highest BCUT2D eigenvalue weighted by Crippen LogP contribution is 2.30. The number of hydrogen-bond donors (Lipinski definition) is 0. The third kappa shape index (κ3) is 8.16. The minimum absolute atomic E-state index is 0.353. The first kappa shape index (κ1) is 22.9. The molecule has 24 heavy (non-hydrogen) atoms. The zero-order valence-electron chi connectivity index (χ0n) is 16.3. The van der Waals surface area contributed by atoms with Crippen molar-refractivity contribution in [1.29, 1.82) is 0 Å². The van der Waals surface area contributed by atoms with Crippen molar-refractivity contribution in [2.75, 3.05) is 13.2 Å². The first-order valence-corrected chi connectivity index (χ1v) is 9.93. The Labute approximate surface area is 148 Å². The predicted molar refractivity (Wildman–Crippen MR) is 97.8 cm³/mol. The molecule has 0 radical (unpaired) electrons. The van der Waals surface area contributed by atoms with E-state index in [0.717, 1.165) is 19.3 Å². The van der Waals surface area contributed by atoms with E-state index in [1.807, 2.05) is 20.8 Å². The molecule has 0 saturated heterocycles. The van der Waals surface area contributed by atoms with Crippen molar-refractivity contribution in [3.8, 4) is 0 Å². The molecule has 0 rings (SSSR count). The van der Waals surface area contributed by atoms with E-state index < -0.39 is 17.4 Å². The topological polar surface area (TPSA) is 52.6 Å². The number of carbonyl (C=O) groups is 2. The van der Waals surface area contributed by atoms with Crippen molar-refractivity contribution in [2.24, 2.45) is 5.41 Å². The molecule has 0 aromatic heterocycles. The zero-order chi connectivity index (χ0) is 18.3. The van der Waals surface area contributed by atoms with Crippen LogP contribution < -0.4 is 0 Å². The van der Waals surface area contributed by atoms with Crippen LogP contribution >= 0.6 is 0 Å². The van der Waals surface area contributed by atoms with Gasteiger partial charge in [-0.3, -0.25) is 9.59 Å². The fourth-order valence-electron chi connectivity index (χ4n) is 2.78.